The van der Waals surface area contributed by atoms with Crippen LogP contribution in [-0.4, -0.2) is 64.2 Å². The number of hydrogen-bond donors (Lipinski definition) is 0. The molecule has 0 aromatic rings. The molecule has 0 atom stereocenters. The van der Waals surface area contributed by atoms with Crippen LogP contribution < -0.4 is 0 Å². The quantitative estimate of drug-likeness (QED) is 0.237. The van der Waals surface area contributed by atoms with Crippen molar-refractivity contribution in [2.75, 3.05) is 39.3 Å². The lowest BCUT2D eigenvalue weighted by atomic mass is 10.4. The van der Waals surface area contributed by atoms with E-state index in [9.17, 15) is 19.2 Å². The van der Waals surface area contributed by atoms with Crippen molar-refractivity contribution in [3.8, 4) is 0 Å². The summed E-state index contributed by atoms with van der Waals surface area (Å²) in [6.07, 6.45) is 0. The molecule has 0 rings (SSSR count). The van der Waals surface area contributed by atoms with Crippen LogP contribution in [0.25, 0.3) is 0 Å². The van der Waals surface area contributed by atoms with Crippen LogP contribution in [0.1, 0.15) is 0 Å². The summed E-state index contributed by atoms with van der Waals surface area (Å²) in [5.74, 6) is 0. The van der Waals surface area contributed by atoms with E-state index in [1.165, 1.54) is 0 Å². The molecule has 10 heteroatoms. The highest BCUT2D eigenvalue weighted by molar-refractivity contribution is 14.1. The third-order valence-corrected chi connectivity index (χ3v) is 3.49. The second-order valence-corrected chi connectivity index (χ2v) is 8.65. The Kier molecular flexibility index (Phi) is 12.9. The number of carbonyl (C=O) groups excluding carboxylic acids is 4. The maximum Gasteiger partial charge on any atom is 0.206 e. The van der Waals surface area contributed by atoms with Gasteiger partial charge in [0.2, 0.25) is 15.2 Å². The summed E-state index contributed by atoms with van der Waals surface area (Å²) < 4.78 is -0.216. The van der Waals surface area contributed by atoms with Crippen LogP contribution in [0.2, 0.25) is 0 Å². The summed E-state index contributed by atoms with van der Waals surface area (Å²) in [5.41, 5.74) is 0. The van der Waals surface area contributed by atoms with Crippen molar-refractivity contribution in [3.63, 3.8) is 0 Å². The molecule has 0 aliphatic rings. The summed E-state index contributed by atoms with van der Waals surface area (Å²) >= 11 is 6.73. The maximum atomic E-state index is 11.1. The summed E-state index contributed by atoms with van der Waals surface area (Å²) in [6, 6.07) is 0. The van der Waals surface area contributed by atoms with Gasteiger partial charge in [-0.2, -0.15) is 0 Å². The van der Waals surface area contributed by atoms with Gasteiger partial charge in [0, 0.05) is 103 Å². The Morgan fingerprint density at radius 2 is 0.750 bits per heavy atom. The Morgan fingerprint density at radius 1 is 0.550 bits per heavy atom. The molecule has 0 saturated carbocycles. The molecule has 0 bridgehead atoms. The first-order valence-electron chi connectivity index (χ1n) is 5.38. The van der Waals surface area contributed by atoms with Crippen molar-refractivity contribution in [2.24, 2.45) is 0 Å². The highest BCUT2D eigenvalue weighted by atomic mass is 127. The zero-order valence-electron chi connectivity index (χ0n) is 10.3. The zero-order valence-corrected chi connectivity index (χ0v) is 18.9. The average molecular weight is 732 g/mol. The normalized spacial score (nSPS) is 10.9. The molecule has 114 valence electrons. The lowest BCUT2D eigenvalue weighted by molar-refractivity contribution is -0.115. The molecular formula is C10H12I4N2O4. The highest BCUT2D eigenvalue weighted by Gasteiger charge is 2.16. The van der Waals surface area contributed by atoms with Crippen molar-refractivity contribution in [1.29, 1.82) is 0 Å². The number of rotatable bonds is 11. The number of hydrogen-bond acceptors (Lipinski definition) is 6. The Hall–Kier alpha value is 1.52. The van der Waals surface area contributed by atoms with E-state index in [4.69, 9.17) is 0 Å². The fourth-order valence-electron chi connectivity index (χ4n) is 1.41. The monoisotopic (exact) mass is 732 g/mol. The lowest BCUT2D eigenvalue weighted by Gasteiger charge is -2.24. The molecule has 0 heterocycles. The first-order valence-corrected chi connectivity index (χ1v) is 9.70. The minimum absolute atomic E-state index is 0.0539. The van der Waals surface area contributed by atoms with Gasteiger partial charge in [0.15, 0.2) is 0 Å². The topological polar surface area (TPSA) is 74.8 Å². The molecule has 0 radical (unpaired) electrons. The smallest absolute Gasteiger partial charge is 0.206 e. The van der Waals surface area contributed by atoms with Gasteiger partial charge in [-0.05, 0) is 0 Å². The zero-order chi connectivity index (χ0) is 15.7. The van der Waals surface area contributed by atoms with Gasteiger partial charge >= 0.3 is 0 Å². The molecule has 6 nitrogen and oxygen atoms in total. The standard InChI is InChI=1S/C10H12I4N2O4/c11-7(17)3-15(4-8(12)18)1-2-16(5-9(13)19)6-10(14)20/h1-6H2. The number of carbonyl (C=O) groups is 4. The molecule has 0 aliphatic carbocycles. The van der Waals surface area contributed by atoms with Crippen LogP contribution >= 0.6 is 90.4 Å². The van der Waals surface area contributed by atoms with Gasteiger partial charge in [-0.15, -0.1) is 0 Å². The summed E-state index contributed by atoms with van der Waals surface area (Å²) in [5, 5.41) is 0. The minimum atomic E-state index is -0.0539. The second-order valence-electron chi connectivity index (χ2n) is 3.84. The van der Waals surface area contributed by atoms with Gasteiger partial charge in [0.05, 0.1) is 26.2 Å². The lowest BCUT2D eigenvalue weighted by Crippen LogP contribution is -2.41. The predicted octanol–water partition coefficient (Wildman–Crippen LogP) is 1.44. The molecule has 0 spiro atoms. The van der Waals surface area contributed by atoms with E-state index in [0.29, 0.717) is 13.1 Å². The summed E-state index contributed by atoms with van der Waals surface area (Å²) in [7, 11) is 0. The second kappa shape index (κ2) is 12.0. The van der Waals surface area contributed by atoms with Crippen molar-refractivity contribution >= 4 is 106 Å². The third-order valence-electron chi connectivity index (χ3n) is 2.12. The van der Waals surface area contributed by atoms with Gasteiger partial charge in [-0.25, -0.2) is 0 Å². The summed E-state index contributed by atoms with van der Waals surface area (Å²) in [4.78, 5) is 48.0. The molecule has 0 aromatic heterocycles. The fourth-order valence-corrected chi connectivity index (χ4v) is 3.34. The minimum Gasteiger partial charge on any atom is -0.286 e. The molecule has 20 heavy (non-hydrogen) atoms. The van der Waals surface area contributed by atoms with Crippen molar-refractivity contribution in [2.45, 2.75) is 0 Å². The average Bonchev–Trinajstić information content (AvgIpc) is 2.22. The van der Waals surface area contributed by atoms with Crippen LogP contribution in [0.3, 0.4) is 0 Å². The van der Waals surface area contributed by atoms with Gasteiger partial charge in [0.25, 0.3) is 0 Å². The summed E-state index contributed by atoms with van der Waals surface area (Å²) in [6.45, 7) is 1.63. The van der Waals surface area contributed by atoms with E-state index in [2.05, 4.69) is 0 Å². The van der Waals surface area contributed by atoms with Crippen LogP contribution in [0.4, 0.5) is 0 Å². The number of halogens is 4. The molecule has 0 unspecified atom stereocenters. The van der Waals surface area contributed by atoms with E-state index >= 15 is 0 Å². The van der Waals surface area contributed by atoms with E-state index in [-0.39, 0.29) is 41.3 Å². The Morgan fingerprint density at radius 3 is 0.900 bits per heavy atom. The fraction of sp³-hybridized carbons (Fsp3) is 0.600. The van der Waals surface area contributed by atoms with E-state index in [0.717, 1.165) is 0 Å². The van der Waals surface area contributed by atoms with Crippen molar-refractivity contribution in [3.05, 3.63) is 0 Å². The molecule has 0 aliphatic heterocycles. The molecule has 0 aromatic carbocycles. The van der Waals surface area contributed by atoms with Crippen LogP contribution in [0, 0.1) is 0 Å². The van der Waals surface area contributed by atoms with Crippen LogP contribution in [-0.2, 0) is 19.2 Å². The Bertz CT molecular complexity index is 323. The van der Waals surface area contributed by atoms with Crippen LogP contribution in [0.15, 0.2) is 0 Å². The van der Waals surface area contributed by atoms with Gasteiger partial charge in [-0.3, -0.25) is 29.0 Å². The van der Waals surface area contributed by atoms with E-state index in [1.807, 2.05) is 0 Å². The largest absolute Gasteiger partial charge is 0.286 e. The van der Waals surface area contributed by atoms with Gasteiger partial charge in [-0.1, -0.05) is 0 Å². The number of nitrogens with zero attached hydrogens (tertiary/aromatic N) is 2. The molecule has 0 saturated heterocycles. The maximum absolute atomic E-state index is 11.1. The predicted molar refractivity (Wildman–Crippen MR) is 109 cm³/mol. The third kappa shape index (κ3) is 13.2. The van der Waals surface area contributed by atoms with Crippen molar-refractivity contribution in [1.82, 2.24) is 9.80 Å². The first-order chi connectivity index (χ1) is 9.20. The Balaban J connectivity index is 4.49. The van der Waals surface area contributed by atoms with E-state index in [1.54, 1.807) is 100 Å². The SMILES string of the molecule is O=C(I)CN(CCN(CC(=O)I)CC(=O)I)CC(=O)I. The van der Waals surface area contributed by atoms with Crippen molar-refractivity contribution < 1.29 is 19.2 Å². The molecule has 0 N–H and O–H groups in total. The van der Waals surface area contributed by atoms with E-state index < -0.39 is 0 Å². The van der Waals surface area contributed by atoms with Crippen LogP contribution in [0.5, 0.6) is 0 Å². The molecule has 0 fully saturated rings. The van der Waals surface area contributed by atoms with Gasteiger partial charge < -0.3 is 0 Å². The molecule has 0 amide bonds. The highest BCUT2D eigenvalue weighted by Crippen LogP contribution is 2.02. The Labute approximate surface area is 171 Å². The first kappa shape index (κ1) is 21.5. The van der Waals surface area contributed by atoms with Gasteiger partial charge in [0.1, 0.15) is 0 Å². The molecular weight excluding hydrogens is 720 g/mol.